The molecule has 0 radical (unpaired) electrons. The van der Waals surface area contributed by atoms with Crippen molar-refractivity contribution >= 4 is 11.6 Å². The van der Waals surface area contributed by atoms with Gasteiger partial charge in [0, 0.05) is 31.6 Å². The van der Waals surface area contributed by atoms with Crippen LogP contribution in [0.15, 0.2) is 6.07 Å². The lowest BCUT2D eigenvalue weighted by molar-refractivity contribution is -0.0423. The number of hydrogen-bond donors (Lipinski definition) is 2. The molecule has 2 rings (SSSR count). The minimum Gasteiger partial charge on any atom is -0.394 e. The Kier molecular flexibility index (Phi) is 4.68. The lowest BCUT2D eigenvalue weighted by Gasteiger charge is -2.37. The number of aliphatic hydroxyl groups excluding tert-OH is 1. The Morgan fingerprint density at radius 2 is 2.10 bits per heavy atom. The zero-order valence-corrected chi connectivity index (χ0v) is 13.6. The third kappa shape index (κ3) is 3.83. The molecule has 0 saturated carbocycles. The maximum Gasteiger partial charge on any atom is 0.138 e. The quantitative estimate of drug-likeness (QED) is 0.878. The van der Waals surface area contributed by atoms with E-state index in [2.05, 4.69) is 36.0 Å². The lowest BCUT2D eigenvalue weighted by Crippen LogP contribution is -2.48. The summed E-state index contributed by atoms with van der Waals surface area (Å²) in [5, 5.41) is 12.5. The molecule has 1 aliphatic heterocycles. The van der Waals surface area contributed by atoms with E-state index in [1.807, 2.05) is 20.0 Å². The van der Waals surface area contributed by atoms with Gasteiger partial charge >= 0.3 is 0 Å². The molecule has 0 aromatic carbocycles. The number of ether oxygens (including phenoxy) is 1. The van der Waals surface area contributed by atoms with E-state index in [0.717, 1.165) is 24.0 Å². The summed E-state index contributed by atoms with van der Waals surface area (Å²) in [7, 11) is 1.86. The Morgan fingerprint density at radius 1 is 1.38 bits per heavy atom. The first-order valence-electron chi connectivity index (χ1n) is 7.42. The maximum absolute atomic E-state index is 9.36. The van der Waals surface area contributed by atoms with E-state index in [4.69, 9.17) is 9.72 Å². The Bertz CT molecular complexity index is 487. The summed E-state index contributed by atoms with van der Waals surface area (Å²) in [5.74, 6) is 2.50. The molecule has 1 aliphatic rings. The van der Waals surface area contributed by atoms with Crippen LogP contribution in [0.3, 0.4) is 0 Å². The Hall–Kier alpha value is -1.40. The highest BCUT2D eigenvalue weighted by atomic mass is 16.5. The second-order valence-electron chi connectivity index (χ2n) is 6.59. The van der Waals surface area contributed by atoms with Gasteiger partial charge in [0.15, 0.2) is 0 Å². The van der Waals surface area contributed by atoms with Crippen LogP contribution in [0.1, 0.15) is 33.5 Å². The fraction of sp³-hybridized carbons (Fsp3) is 0.733. The molecule has 2 atom stereocenters. The zero-order chi connectivity index (χ0) is 15.6. The van der Waals surface area contributed by atoms with Crippen LogP contribution in [0.2, 0.25) is 0 Å². The second kappa shape index (κ2) is 6.15. The van der Waals surface area contributed by atoms with Gasteiger partial charge in [-0.1, -0.05) is 20.8 Å². The van der Waals surface area contributed by atoms with Crippen LogP contribution in [0.4, 0.5) is 11.6 Å². The predicted octanol–water partition coefficient (Wildman–Crippen LogP) is 1.40. The average molecular weight is 294 g/mol. The van der Waals surface area contributed by atoms with E-state index in [9.17, 15) is 5.11 Å². The summed E-state index contributed by atoms with van der Waals surface area (Å²) in [6.45, 7) is 9.75. The van der Waals surface area contributed by atoms with Crippen molar-refractivity contribution < 1.29 is 9.84 Å². The van der Waals surface area contributed by atoms with Gasteiger partial charge in [-0.25, -0.2) is 9.97 Å². The van der Waals surface area contributed by atoms with E-state index < -0.39 is 0 Å². The summed E-state index contributed by atoms with van der Waals surface area (Å²) in [6, 6.07) is 1.95. The number of anilines is 2. The standard InChI is InChI=1S/C15H26N4O2/c1-10-7-19(8-11(9-20)21-10)13-6-12(16-5)17-14(18-13)15(2,3)4/h6,10-11,20H,7-9H2,1-5H3,(H,16,17,18). The van der Waals surface area contributed by atoms with E-state index in [1.54, 1.807) is 0 Å². The smallest absolute Gasteiger partial charge is 0.138 e. The molecule has 0 amide bonds. The maximum atomic E-state index is 9.36. The van der Waals surface area contributed by atoms with Crippen molar-refractivity contribution in [3.05, 3.63) is 11.9 Å². The molecule has 2 N–H and O–H groups in total. The SMILES string of the molecule is CNc1cc(N2CC(C)OC(CO)C2)nc(C(C)(C)C)n1. The van der Waals surface area contributed by atoms with Crippen LogP contribution in [-0.2, 0) is 10.2 Å². The number of morpholine rings is 1. The molecule has 1 saturated heterocycles. The summed E-state index contributed by atoms with van der Waals surface area (Å²) in [4.78, 5) is 11.4. The molecule has 2 unspecified atom stereocenters. The normalized spacial score (nSPS) is 23.2. The summed E-state index contributed by atoms with van der Waals surface area (Å²) < 4.78 is 5.69. The number of nitrogens with zero attached hydrogens (tertiary/aromatic N) is 3. The molecule has 6 nitrogen and oxygen atoms in total. The van der Waals surface area contributed by atoms with Gasteiger partial charge in [-0.2, -0.15) is 0 Å². The molecular weight excluding hydrogens is 268 g/mol. The molecule has 6 heteroatoms. The molecule has 1 aromatic heterocycles. The van der Waals surface area contributed by atoms with Crippen molar-refractivity contribution in [2.75, 3.05) is 37.0 Å². The zero-order valence-electron chi connectivity index (χ0n) is 13.6. The molecule has 21 heavy (non-hydrogen) atoms. The number of aromatic nitrogens is 2. The second-order valence-corrected chi connectivity index (χ2v) is 6.59. The number of hydrogen-bond acceptors (Lipinski definition) is 6. The van der Waals surface area contributed by atoms with Crippen molar-refractivity contribution in [2.24, 2.45) is 0 Å². The Morgan fingerprint density at radius 3 is 2.67 bits per heavy atom. The third-order valence-corrected chi connectivity index (χ3v) is 3.49. The number of nitrogens with one attached hydrogen (secondary N) is 1. The Balaban J connectivity index is 2.33. The Labute approximate surface area is 126 Å². The van der Waals surface area contributed by atoms with Gasteiger partial charge in [0.2, 0.25) is 0 Å². The molecule has 2 heterocycles. The highest BCUT2D eigenvalue weighted by molar-refractivity contribution is 5.50. The van der Waals surface area contributed by atoms with Crippen molar-refractivity contribution in [1.29, 1.82) is 0 Å². The lowest BCUT2D eigenvalue weighted by atomic mass is 9.96. The molecule has 118 valence electrons. The highest BCUT2D eigenvalue weighted by Gasteiger charge is 2.27. The molecule has 1 aromatic rings. The summed E-state index contributed by atoms with van der Waals surface area (Å²) in [6.07, 6.45) is -0.0955. The summed E-state index contributed by atoms with van der Waals surface area (Å²) in [5.41, 5.74) is -0.115. The molecule has 0 spiro atoms. The molecular formula is C15H26N4O2. The molecule has 0 aliphatic carbocycles. The molecule has 1 fully saturated rings. The van der Waals surface area contributed by atoms with E-state index in [0.29, 0.717) is 6.54 Å². The fourth-order valence-corrected chi connectivity index (χ4v) is 2.39. The fourth-order valence-electron chi connectivity index (χ4n) is 2.39. The van der Waals surface area contributed by atoms with Crippen LogP contribution >= 0.6 is 0 Å². The van der Waals surface area contributed by atoms with Crippen LogP contribution in [0, 0.1) is 0 Å². The highest BCUT2D eigenvalue weighted by Crippen LogP contribution is 2.25. The van der Waals surface area contributed by atoms with Gasteiger partial charge in [-0.05, 0) is 6.92 Å². The van der Waals surface area contributed by atoms with E-state index >= 15 is 0 Å². The average Bonchev–Trinajstić information content (AvgIpc) is 2.45. The monoisotopic (exact) mass is 294 g/mol. The predicted molar refractivity (Wildman–Crippen MR) is 83.9 cm³/mol. The van der Waals surface area contributed by atoms with Gasteiger partial charge in [-0.15, -0.1) is 0 Å². The van der Waals surface area contributed by atoms with Gasteiger partial charge in [0.05, 0.1) is 18.8 Å². The van der Waals surface area contributed by atoms with Gasteiger partial charge in [0.1, 0.15) is 17.5 Å². The van der Waals surface area contributed by atoms with Crippen LogP contribution < -0.4 is 10.2 Å². The first kappa shape index (κ1) is 16.0. The van der Waals surface area contributed by atoms with Crippen molar-refractivity contribution in [2.45, 2.75) is 45.3 Å². The number of aliphatic hydroxyl groups is 1. The van der Waals surface area contributed by atoms with Crippen molar-refractivity contribution in [1.82, 2.24) is 9.97 Å². The summed E-state index contributed by atoms with van der Waals surface area (Å²) >= 11 is 0. The van der Waals surface area contributed by atoms with Gasteiger partial charge in [-0.3, -0.25) is 0 Å². The van der Waals surface area contributed by atoms with Crippen LogP contribution in [-0.4, -0.2) is 54.0 Å². The van der Waals surface area contributed by atoms with Gasteiger partial charge < -0.3 is 20.1 Å². The topological polar surface area (TPSA) is 70.5 Å². The van der Waals surface area contributed by atoms with Gasteiger partial charge in [0.25, 0.3) is 0 Å². The largest absolute Gasteiger partial charge is 0.394 e. The van der Waals surface area contributed by atoms with E-state index in [1.165, 1.54) is 0 Å². The van der Waals surface area contributed by atoms with Crippen LogP contribution in [0.5, 0.6) is 0 Å². The number of rotatable bonds is 3. The van der Waals surface area contributed by atoms with Crippen molar-refractivity contribution in [3.63, 3.8) is 0 Å². The van der Waals surface area contributed by atoms with Crippen LogP contribution in [0.25, 0.3) is 0 Å². The van der Waals surface area contributed by atoms with Crippen molar-refractivity contribution in [3.8, 4) is 0 Å². The first-order chi connectivity index (χ1) is 9.83. The minimum atomic E-state index is -0.167. The van der Waals surface area contributed by atoms with E-state index in [-0.39, 0.29) is 24.2 Å². The third-order valence-electron chi connectivity index (χ3n) is 3.49. The molecule has 0 bridgehead atoms. The first-order valence-corrected chi connectivity index (χ1v) is 7.42. The minimum absolute atomic E-state index is 0.0247.